The van der Waals surface area contributed by atoms with Crippen molar-refractivity contribution in [3.63, 3.8) is 0 Å². The molecular formula is C18H17F2N3O3. The summed E-state index contributed by atoms with van der Waals surface area (Å²) in [6.45, 7) is 0.766. The summed E-state index contributed by atoms with van der Waals surface area (Å²) in [6, 6.07) is 8.92. The topological polar surface area (TPSA) is 75.5 Å². The van der Waals surface area contributed by atoms with Gasteiger partial charge in [-0.05, 0) is 31.0 Å². The van der Waals surface area contributed by atoms with E-state index in [1.807, 2.05) is 0 Å². The van der Waals surface area contributed by atoms with Crippen LogP contribution in [0.5, 0.6) is 0 Å². The minimum absolute atomic E-state index is 0.0275. The standard InChI is InChI=1S/C18H17F2N3O3/c19-12-5-6-17(23(25)26)16(11-12)21-13-7-9-22(10-8-13)18(24)14-3-1-2-4-15(14)20/h1-6,11,13,21H,7-10H2. The second kappa shape index (κ2) is 7.47. The molecule has 1 fully saturated rings. The maximum absolute atomic E-state index is 13.8. The van der Waals surface area contributed by atoms with Crippen molar-refractivity contribution < 1.29 is 18.5 Å². The lowest BCUT2D eigenvalue weighted by molar-refractivity contribution is -0.384. The van der Waals surface area contributed by atoms with Crippen LogP contribution < -0.4 is 5.32 Å². The summed E-state index contributed by atoms with van der Waals surface area (Å²) >= 11 is 0. The molecule has 1 amide bonds. The quantitative estimate of drug-likeness (QED) is 0.667. The number of carbonyl (C=O) groups is 1. The molecule has 0 unspecified atom stereocenters. The Hall–Kier alpha value is -3.03. The van der Waals surface area contributed by atoms with Crippen LogP contribution >= 0.6 is 0 Å². The number of nitrogens with one attached hydrogen (secondary N) is 1. The second-order valence-corrected chi connectivity index (χ2v) is 6.11. The SMILES string of the molecule is O=C(c1ccccc1F)N1CCC(Nc2cc(F)ccc2[N+](=O)[O-])CC1. The number of hydrogen-bond acceptors (Lipinski definition) is 4. The third-order valence-electron chi connectivity index (χ3n) is 4.40. The average Bonchev–Trinajstić information content (AvgIpc) is 2.62. The molecule has 3 rings (SSSR count). The number of amides is 1. The van der Waals surface area contributed by atoms with Crippen LogP contribution in [-0.2, 0) is 0 Å². The predicted molar refractivity (Wildman–Crippen MR) is 92.0 cm³/mol. The zero-order valence-electron chi connectivity index (χ0n) is 13.8. The normalized spacial score (nSPS) is 14.9. The molecule has 0 aromatic heterocycles. The van der Waals surface area contributed by atoms with Crippen molar-refractivity contribution in [2.24, 2.45) is 0 Å². The van der Waals surface area contributed by atoms with Gasteiger partial charge in [-0.3, -0.25) is 14.9 Å². The fourth-order valence-corrected chi connectivity index (χ4v) is 3.03. The molecule has 0 spiro atoms. The third-order valence-corrected chi connectivity index (χ3v) is 4.40. The number of hydrogen-bond donors (Lipinski definition) is 1. The van der Waals surface area contributed by atoms with Gasteiger partial charge >= 0.3 is 0 Å². The van der Waals surface area contributed by atoms with Crippen molar-refractivity contribution in [2.45, 2.75) is 18.9 Å². The maximum atomic E-state index is 13.8. The van der Waals surface area contributed by atoms with Crippen molar-refractivity contribution in [1.29, 1.82) is 0 Å². The van der Waals surface area contributed by atoms with Gasteiger partial charge in [-0.1, -0.05) is 12.1 Å². The van der Waals surface area contributed by atoms with Gasteiger partial charge in [-0.2, -0.15) is 0 Å². The van der Waals surface area contributed by atoms with Crippen molar-refractivity contribution in [2.75, 3.05) is 18.4 Å². The van der Waals surface area contributed by atoms with Crippen molar-refractivity contribution in [3.8, 4) is 0 Å². The van der Waals surface area contributed by atoms with Crippen molar-refractivity contribution >= 4 is 17.3 Å². The third kappa shape index (κ3) is 3.79. The summed E-state index contributed by atoms with van der Waals surface area (Å²) in [5.41, 5.74) is -0.0511. The Kier molecular flexibility index (Phi) is 5.11. The molecule has 1 heterocycles. The summed E-state index contributed by atoms with van der Waals surface area (Å²) in [6.07, 6.45) is 1.04. The van der Waals surface area contributed by atoms with E-state index in [-0.39, 0.29) is 28.9 Å². The molecule has 2 aromatic carbocycles. The molecule has 1 aliphatic heterocycles. The summed E-state index contributed by atoms with van der Waals surface area (Å²) in [5.74, 6) is -1.50. The Labute approximate surface area is 148 Å². The van der Waals surface area contributed by atoms with Gasteiger partial charge in [0.2, 0.25) is 0 Å². The van der Waals surface area contributed by atoms with E-state index in [4.69, 9.17) is 0 Å². The first-order chi connectivity index (χ1) is 12.5. The zero-order chi connectivity index (χ0) is 18.7. The summed E-state index contributed by atoms with van der Waals surface area (Å²) < 4.78 is 27.2. The van der Waals surface area contributed by atoms with Crippen LogP contribution in [0.2, 0.25) is 0 Å². The highest BCUT2D eigenvalue weighted by molar-refractivity contribution is 5.94. The first kappa shape index (κ1) is 17.8. The van der Waals surface area contributed by atoms with Gasteiger partial charge < -0.3 is 10.2 Å². The smallest absolute Gasteiger partial charge is 0.292 e. The summed E-state index contributed by atoms with van der Waals surface area (Å²) in [5, 5.41) is 14.0. The number of carbonyl (C=O) groups excluding carboxylic acids is 1. The largest absolute Gasteiger partial charge is 0.377 e. The molecular weight excluding hydrogens is 344 g/mol. The molecule has 2 aromatic rings. The Balaban J connectivity index is 1.65. The number of nitrogens with zero attached hydrogens (tertiary/aromatic N) is 2. The van der Waals surface area contributed by atoms with E-state index in [0.29, 0.717) is 25.9 Å². The molecule has 26 heavy (non-hydrogen) atoms. The molecule has 1 N–H and O–H groups in total. The molecule has 0 atom stereocenters. The Bertz CT molecular complexity index is 836. The molecule has 0 radical (unpaired) electrons. The Morgan fingerprint density at radius 1 is 1.15 bits per heavy atom. The van der Waals surface area contributed by atoms with E-state index in [1.54, 1.807) is 11.0 Å². The van der Waals surface area contributed by atoms with Gasteiger partial charge in [0, 0.05) is 31.3 Å². The molecule has 8 heteroatoms. The molecule has 1 aliphatic rings. The lowest BCUT2D eigenvalue weighted by Crippen LogP contribution is -2.42. The number of rotatable bonds is 4. The van der Waals surface area contributed by atoms with Gasteiger partial charge in [0.15, 0.2) is 0 Å². The number of likely N-dealkylation sites (tertiary alicyclic amines) is 1. The summed E-state index contributed by atoms with van der Waals surface area (Å²) in [7, 11) is 0. The number of benzene rings is 2. The van der Waals surface area contributed by atoms with Crippen LogP contribution in [0.15, 0.2) is 42.5 Å². The molecule has 0 bridgehead atoms. The Morgan fingerprint density at radius 3 is 2.50 bits per heavy atom. The van der Waals surface area contributed by atoms with Crippen molar-refractivity contribution in [1.82, 2.24) is 4.90 Å². The van der Waals surface area contributed by atoms with Crippen LogP contribution in [-0.4, -0.2) is 34.9 Å². The highest BCUT2D eigenvalue weighted by atomic mass is 19.1. The van der Waals surface area contributed by atoms with Gasteiger partial charge in [0.1, 0.15) is 17.3 Å². The van der Waals surface area contributed by atoms with E-state index < -0.39 is 16.6 Å². The highest BCUT2D eigenvalue weighted by Crippen LogP contribution is 2.27. The molecule has 6 nitrogen and oxygen atoms in total. The number of anilines is 1. The molecule has 0 aliphatic carbocycles. The minimum Gasteiger partial charge on any atom is -0.377 e. The zero-order valence-corrected chi connectivity index (χ0v) is 13.8. The first-order valence-electron chi connectivity index (χ1n) is 8.20. The number of halogens is 2. The van der Waals surface area contributed by atoms with E-state index >= 15 is 0 Å². The average molecular weight is 361 g/mol. The minimum atomic E-state index is -0.571. The van der Waals surface area contributed by atoms with Crippen LogP contribution in [0.4, 0.5) is 20.2 Å². The van der Waals surface area contributed by atoms with E-state index in [2.05, 4.69) is 5.32 Å². The lowest BCUT2D eigenvalue weighted by Gasteiger charge is -2.33. The number of nitro benzene ring substituents is 1. The van der Waals surface area contributed by atoms with E-state index in [0.717, 1.165) is 18.2 Å². The maximum Gasteiger partial charge on any atom is 0.292 e. The first-order valence-corrected chi connectivity index (χ1v) is 8.20. The van der Waals surface area contributed by atoms with E-state index in [1.165, 1.54) is 18.2 Å². The molecule has 1 saturated heterocycles. The van der Waals surface area contributed by atoms with Crippen LogP contribution in [0.25, 0.3) is 0 Å². The number of nitro groups is 1. The van der Waals surface area contributed by atoms with Crippen LogP contribution in [0.1, 0.15) is 23.2 Å². The Morgan fingerprint density at radius 2 is 1.85 bits per heavy atom. The number of piperidine rings is 1. The molecule has 136 valence electrons. The fraction of sp³-hybridized carbons (Fsp3) is 0.278. The van der Waals surface area contributed by atoms with Gasteiger partial charge in [-0.15, -0.1) is 0 Å². The van der Waals surface area contributed by atoms with Gasteiger partial charge in [0.25, 0.3) is 11.6 Å². The second-order valence-electron chi connectivity index (χ2n) is 6.11. The van der Waals surface area contributed by atoms with Crippen LogP contribution in [0.3, 0.4) is 0 Å². The van der Waals surface area contributed by atoms with Gasteiger partial charge in [0.05, 0.1) is 10.5 Å². The van der Waals surface area contributed by atoms with Crippen molar-refractivity contribution in [3.05, 3.63) is 69.8 Å². The van der Waals surface area contributed by atoms with Crippen LogP contribution in [0, 0.1) is 21.7 Å². The fourth-order valence-electron chi connectivity index (χ4n) is 3.03. The summed E-state index contributed by atoms with van der Waals surface area (Å²) in [4.78, 5) is 24.4. The lowest BCUT2D eigenvalue weighted by atomic mass is 10.0. The predicted octanol–water partition coefficient (Wildman–Crippen LogP) is 3.59. The van der Waals surface area contributed by atoms with Gasteiger partial charge in [-0.25, -0.2) is 8.78 Å². The highest BCUT2D eigenvalue weighted by Gasteiger charge is 2.26. The monoisotopic (exact) mass is 361 g/mol. The van der Waals surface area contributed by atoms with E-state index in [9.17, 15) is 23.7 Å². The molecule has 0 saturated carbocycles.